The number of fused-ring (bicyclic) bond motifs is 5. The first-order valence-electron chi connectivity index (χ1n) is 9.24. The fourth-order valence-electron chi connectivity index (χ4n) is 3.60. The number of hydrogen-bond acceptors (Lipinski definition) is 6. The van der Waals surface area contributed by atoms with Crippen LogP contribution in [0.4, 0.5) is 14.5 Å². The van der Waals surface area contributed by atoms with Crippen molar-refractivity contribution in [3.8, 4) is 11.1 Å². The summed E-state index contributed by atoms with van der Waals surface area (Å²) in [6, 6.07) is 1.39. The van der Waals surface area contributed by atoms with Crippen molar-refractivity contribution in [1.29, 1.82) is 0 Å². The quantitative estimate of drug-likeness (QED) is 0.654. The Morgan fingerprint density at radius 2 is 2.17 bits per heavy atom. The molecule has 3 aromatic heterocycles. The van der Waals surface area contributed by atoms with Gasteiger partial charge in [0.15, 0.2) is 5.17 Å². The summed E-state index contributed by atoms with van der Waals surface area (Å²) in [4.78, 5) is 27.0. The van der Waals surface area contributed by atoms with Gasteiger partial charge in [-0.15, -0.1) is 11.3 Å². The molecule has 0 spiro atoms. The molecule has 1 atom stereocenters. The van der Waals surface area contributed by atoms with Crippen molar-refractivity contribution in [3.05, 3.63) is 28.5 Å². The highest BCUT2D eigenvalue weighted by Gasteiger charge is 2.41. The van der Waals surface area contributed by atoms with Crippen molar-refractivity contribution >= 4 is 55.8 Å². The Bertz CT molecular complexity index is 1280. The number of thiophene rings is 1. The lowest BCUT2D eigenvalue weighted by atomic mass is 9.99. The van der Waals surface area contributed by atoms with Gasteiger partial charge in [0.1, 0.15) is 15.8 Å². The van der Waals surface area contributed by atoms with Crippen molar-refractivity contribution in [3.63, 3.8) is 0 Å². The van der Waals surface area contributed by atoms with E-state index < -0.39 is 11.7 Å². The number of nitrogens with one attached hydrogen (secondary N) is 1. The van der Waals surface area contributed by atoms with Crippen molar-refractivity contribution in [2.24, 2.45) is 17.0 Å². The minimum Gasteiger partial charge on any atom is -0.323 e. The molecule has 0 fully saturated rings. The zero-order valence-corrected chi connectivity index (χ0v) is 17.9. The summed E-state index contributed by atoms with van der Waals surface area (Å²) >= 11 is 2.57. The maximum Gasteiger partial charge on any atom is 0.280 e. The SMILES string of the molecule is CCN=C1N=C2c3sc4nc(C(F)F)cc(-c5cnn(C)c5C)c4c3NC(=O)C2S1. The van der Waals surface area contributed by atoms with Crippen LogP contribution in [0.5, 0.6) is 0 Å². The molecule has 1 unspecified atom stereocenters. The van der Waals surface area contributed by atoms with Crippen molar-refractivity contribution in [2.75, 3.05) is 11.9 Å². The molecule has 11 heteroatoms. The molecule has 30 heavy (non-hydrogen) atoms. The number of rotatable bonds is 3. The number of hydrogen-bond donors (Lipinski definition) is 1. The summed E-state index contributed by atoms with van der Waals surface area (Å²) in [5.41, 5.74) is 3.00. The number of amidine groups is 1. The summed E-state index contributed by atoms with van der Waals surface area (Å²) in [6.07, 6.45) is -1.07. The van der Waals surface area contributed by atoms with E-state index in [1.54, 1.807) is 17.9 Å². The van der Waals surface area contributed by atoms with Crippen LogP contribution in [0.1, 0.15) is 29.6 Å². The summed E-state index contributed by atoms with van der Waals surface area (Å²) in [5, 5.41) is 7.91. The predicted octanol–water partition coefficient (Wildman–Crippen LogP) is 4.18. The molecule has 0 aromatic carbocycles. The summed E-state index contributed by atoms with van der Waals surface area (Å²) < 4.78 is 28.9. The number of aromatic nitrogens is 3. The fourth-order valence-corrected chi connectivity index (χ4v) is 5.87. The molecule has 0 saturated carbocycles. The lowest BCUT2D eigenvalue weighted by molar-refractivity contribution is -0.114. The van der Waals surface area contributed by atoms with Crippen LogP contribution in [0.15, 0.2) is 22.2 Å². The van der Waals surface area contributed by atoms with Crippen LogP contribution in [0.2, 0.25) is 0 Å². The van der Waals surface area contributed by atoms with E-state index in [9.17, 15) is 13.6 Å². The number of aliphatic imine (C=N–C) groups is 2. The minimum atomic E-state index is -2.71. The molecule has 0 radical (unpaired) electrons. The highest BCUT2D eigenvalue weighted by molar-refractivity contribution is 8.16. The van der Waals surface area contributed by atoms with Gasteiger partial charge >= 0.3 is 0 Å². The van der Waals surface area contributed by atoms with E-state index in [1.807, 2.05) is 13.8 Å². The number of nitrogens with zero attached hydrogens (tertiary/aromatic N) is 5. The van der Waals surface area contributed by atoms with Gasteiger partial charge < -0.3 is 5.32 Å². The van der Waals surface area contributed by atoms with Crippen molar-refractivity contribution in [2.45, 2.75) is 25.5 Å². The van der Waals surface area contributed by atoms with Crippen LogP contribution < -0.4 is 5.32 Å². The first kappa shape index (κ1) is 19.3. The van der Waals surface area contributed by atoms with Crippen LogP contribution in [-0.2, 0) is 11.8 Å². The summed E-state index contributed by atoms with van der Waals surface area (Å²) in [5.74, 6) is -0.195. The van der Waals surface area contributed by atoms with Crippen LogP contribution in [-0.4, -0.2) is 43.3 Å². The molecule has 2 aliphatic heterocycles. The van der Waals surface area contributed by atoms with Crippen molar-refractivity contribution in [1.82, 2.24) is 14.8 Å². The number of alkyl halides is 2. The van der Waals surface area contributed by atoms with Crippen LogP contribution >= 0.6 is 23.1 Å². The molecule has 1 amide bonds. The number of halogens is 2. The highest BCUT2D eigenvalue weighted by atomic mass is 32.2. The van der Waals surface area contributed by atoms with Gasteiger partial charge in [0.05, 0.1) is 22.5 Å². The molecular formula is C19H16F2N6OS2. The Hall–Kier alpha value is -2.66. The number of aryl methyl sites for hydroxylation is 1. The first-order valence-corrected chi connectivity index (χ1v) is 10.9. The van der Waals surface area contributed by atoms with Gasteiger partial charge in [0.2, 0.25) is 5.91 Å². The average Bonchev–Trinajstić information content (AvgIpc) is 3.38. The van der Waals surface area contributed by atoms with Gasteiger partial charge in [0.25, 0.3) is 6.43 Å². The largest absolute Gasteiger partial charge is 0.323 e. The molecule has 0 saturated heterocycles. The lowest BCUT2D eigenvalue weighted by Crippen LogP contribution is -2.35. The first-order chi connectivity index (χ1) is 14.4. The molecule has 3 aromatic rings. The number of amides is 1. The molecule has 5 rings (SSSR count). The van der Waals surface area contributed by atoms with Crippen LogP contribution in [0.3, 0.4) is 0 Å². The molecule has 154 valence electrons. The molecule has 0 aliphatic carbocycles. The standard InChI is InChI=1S/C19H16F2N6OS2/c1-4-22-19-26-13-14-12(25-17(28)15(13)30-19)11-8(9-6-23-27(3)7(9)2)5-10(16(20)21)24-18(11)29-14/h5-6,15-16H,4H2,1-3H3,(H,25,28). The summed E-state index contributed by atoms with van der Waals surface area (Å²) in [7, 11) is 1.79. The smallest absolute Gasteiger partial charge is 0.280 e. The van der Waals surface area contributed by atoms with E-state index >= 15 is 0 Å². The maximum absolute atomic E-state index is 13.6. The predicted molar refractivity (Wildman–Crippen MR) is 116 cm³/mol. The molecule has 7 nitrogen and oxygen atoms in total. The number of thioether (sulfide) groups is 1. The summed E-state index contributed by atoms with van der Waals surface area (Å²) in [6.45, 7) is 4.34. The number of anilines is 1. The zero-order chi connectivity index (χ0) is 21.2. The maximum atomic E-state index is 13.6. The highest BCUT2D eigenvalue weighted by Crippen LogP contribution is 2.47. The van der Waals surface area contributed by atoms with Gasteiger partial charge in [-0.25, -0.2) is 18.8 Å². The fraction of sp³-hybridized carbons (Fsp3) is 0.316. The molecule has 0 bridgehead atoms. The Labute approximate surface area is 178 Å². The van der Waals surface area contributed by atoms with Crippen LogP contribution in [0, 0.1) is 6.92 Å². The van der Waals surface area contributed by atoms with E-state index in [2.05, 4.69) is 25.4 Å². The van der Waals surface area contributed by atoms with E-state index in [0.717, 1.165) is 16.1 Å². The Morgan fingerprint density at radius 1 is 1.37 bits per heavy atom. The molecule has 1 N–H and O–H groups in total. The monoisotopic (exact) mass is 446 g/mol. The number of carbonyl (C=O) groups excluding carboxylic acids is 1. The second-order valence-corrected chi connectivity index (χ2v) is 8.96. The third-order valence-corrected chi connectivity index (χ3v) is 7.34. The van der Waals surface area contributed by atoms with Gasteiger partial charge in [-0.2, -0.15) is 5.10 Å². The third kappa shape index (κ3) is 2.79. The second-order valence-electron chi connectivity index (χ2n) is 6.89. The molecule has 2 aliphatic rings. The number of pyridine rings is 1. The Morgan fingerprint density at radius 3 is 2.83 bits per heavy atom. The Kier molecular flexibility index (Phi) is 4.47. The van der Waals surface area contributed by atoms with E-state index in [4.69, 9.17) is 0 Å². The van der Waals surface area contributed by atoms with E-state index in [-0.39, 0.29) is 11.6 Å². The van der Waals surface area contributed by atoms with Gasteiger partial charge in [-0.3, -0.25) is 14.5 Å². The van der Waals surface area contributed by atoms with E-state index in [1.165, 1.54) is 29.2 Å². The topological polar surface area (TPSA) is 84.5 Å². The van der Waals surface area contributed by atoms with Crippen molar-refractivity contribution < 1.29 is 13.6 Å². The second kappa shape index (κ2) is 6.95. The molecular weight excluding hydrogens is 430 g/mol. The third-order valence-electron chi connectivity index (χ3n) is 5.13. The Balaban J connectivity index is 1.82. The number of carbonyl (C=O) groups is 1. The normalized spacial score (nSPS) is 19.4. The van der Waals surface area contributed by atoms with Gasteiger partial charge in [-0.1, -0.05) is 11.8 Å². The molecule has 5 heterocycles. The van der Waals surface area contributed by atoms with Crippen LogP contribution in [0.25, 0.3) is 21.3 Å². The lowest BCUT2D eigenvalue weighted by Gasteiger charge is -2.19. The van der Waals surface area contributed by atoms with Gasteiger partial charge in [0, 0.05) is 30.2 Å². The zero-order valence-electron chi connectivity index (χ0n) is 16.2. The average molecular weight is 447 g/mol. The minimum absolute atomic E-state index is 0.195. The van der Waals surface area contributed by atoms with Gasteiger partial charge in [-0.05, 0) is 25.5 Å². The van der Waals surface area contributed by atoms with E-state index in [0.29, 0.717) is 38.9 Å².